The lowest BCUT2D eigenvalue weighted by Gasteiger charge is -2.34. The Kier molecular flexibility index (Phi) is 5.82. The number of hydrogen-bond acceptors (Lipinski definition) is 5. The van der Waals surface area contributed by atoms with Crippen LogP contribution in [-0.4, -0.2) is 40.1 Å². The Morgan fingerprint density at radius 2 is 2.00 bits per heavy atom. The summed E-state index contributed by atoms with van der Waals surface area (Å²) in [6.45, 7) is 2.36. The number of amides is 1. The van der Waals surface area contributed by atoms with Gasteiger partial charge in [-0.25, -0.2) is 0 Å². The van der Waals surface area contributed by atoms with Crippen LogP contribution in [0.5, 0.6) is 0 Å². The Balaban J connectivity index is 1.27. The third-order valence-electron chi connectivity index (χ3n) is 5.73. The summed E-state index contributed by atoms with van der Waals surface area (Å²) in [5.41, 5.74) is 1.26. The summed E-state index contributed by atoms with van der Waals surface area (Å²) in [5, 5.41) is 7.13. The van der Waals surface area contributed by atoms with E-state index in [2.05, 4.69) is 44.6 Å². The van der Waals surface area contributed by atoms with Crippen molar-refractivity contribution in [2.24, 2.45) is 0 Å². The third-order valence-corrected chi connectivity index (χ3v) is 5.73. The van der Waals surface area contributed by atoms with Gasteiger partial charge in [0.25, 0.3) is 0 Å². The van der Waals surface area contributed by atoms with Gasteiger partial charge in [0, 0.05) is 25.4 Å². The predicted molar refractivity (Wildman–Crippen MR) is 102 cm³/mol. The molecule has 1 aromatic heterocycles. The molecule has 1 saturated heterocycles. The highest BCUT2D eigenvalue weighted by molar-refractivity contribution is 5.81. The van der Waals surface area contributed by atoms with E-state index in [0.29, 0.717) is 24.7 Å². The normalized spacial score (nSPS) is 21.0. The van der Waals surface area contributed by atoms with Crippen molar-refractivity contribution in [3.63, 3.8) is 0 Å². The molecule has 0 unspecified atom stereocenters. The summed E-state index contributed by atoms with van der Waals surface area (Å²) in [7, 11) is 0. The number of aromatic nitrogens is 2. The summed E-state index contributed by atoms with van der Waals surface area (Å²) >= 11 is 0. The van der Waals surface area contributed by atoms with Gasteiger partial charge >= 0.3 is 0 Å². The standard InChI is InChI=1S/C21H28N4O2/c26-20(22-13-12-19-23-21(27-24-19)17-9-6-10-17)18-11-4-5-14-25(18)15-16-7-2-1-3-8-16/h1-3,7-8,17-18H,4-6,9-15H2,(H,22,26)/t18-/m1/s1. The number of likely N-dealkylation sites (tertiary alicyclic amines) is 1. The Morgan fingerprint density at radius 1 is 1.15 bits per heavy atom. The molecular weight excluding hydrogens is 340 g/mol. The van der Waals surface area contributed by atoms with Gasteiger partial charge in [-0.05, 0) is 37.8 Å². The van der Waals surface area contributed by atoms with E-state index in [9.17, 15) is 4.79 Å². The van der Waals surface area contributed by atoms with Gasteiger partial charge in [-0.3, -0.25) is 9.69 Å². The van der Waals surface area contributed by atoms with Gasteiger partial charge in [-0.1, -0.05) is 48.3 Å². The fraction of sp³-hybridized carbons (Fsp3) is 0.571. The van der Waals surface area contributed by atoms with Gasteiger partial charge in [-0.15, -0.1) is 0 Å². The van der Waals surface area contributed by atoms with Crippen molar-refractivity contribution in [1.29, 1.82) is 0 Å². The van der Waals surface area contributed by atoms with E-state index in [-0.39, 0.29) is 11.9 Å². The summed E-state index contributed by atoms with van der Waals surface area (Å²) in [6.07, 6.45) is 7.36. The van der Waals surface area contributed by atoms with Crippen molar-refractivity contribution >= 4 is 5.91 Å². The van der Waals surface area contributed by atoms with Crippen LogP contribution < -0.4 is 5.32 Å². The van der Waals surface area contributed by atoms with Crippen LogP contribution in [0.3, 0.4) is 0 Å². The molecule has 2 aliphatic rings. The first-order chi connectivity index (χ1) is 13.3. The average Bonchev–Trinajstić information content (AvgIpc) is 3.09. The molecule has 1 saturated carbocycles. The summed E-state index contributed by atoms with van der Waals surface area (Å²) in [6, 6.07) is 10.3. The van der Waals surface area contributed by atoms with Crippen molar-refractivity contribution in [3.8, 4) is 0 Å². The minimum Gasteiger partial charge on any atom is -0.354 e. The topological polar surface area (TPSA) is 71.3 Å². The van der Waals surface area contributed by atoms with Crippen LogP contribution in [0.25, 0.3) is 0 Å². The fourth-order valence-corrected chi connectivity index (χ4v) is 3.90. The Hall–Kier alpha value is -2.21. The molecule has 0 bridgehead atoms. The second-order valence-corrected chi connectivity index (χ2v) is 7.69. The maximum atomic E-state index is 12.7. The lowest BCUT2D eigenvalue weighted by molar-refractivity contribution is -0.127. The fourth-order valence-electron chi connectivity index (χ4n) is 3.90. The summed E-state index contributed by atoms with van der Waals surface area (Å²) in [4.78, 5) is 19.5. The number of hydrogen-bond donors (Lipinski definition) is 1. The van der Waals surface area contributed by atoms with E-state index in [0.717, 1.165) is 51.1 Å². The number of nitrogens with zero attached hydrogens (tertiary/aromatic N) is 3. The first-order valence-electron chi connectivity index (χ1n) is 10.2. The van der Waals surface area contributed by atoms with Crippen molar-refractivity contribution in [2.75, 3.05) is 13.1 Å². The van der Waals surface area contributed by atoms with Gasteiger partial charge in [0.15, 0.2) is 5.82 Å². The Morgan fingerprint density at radius 3 is 2.78 bits per heavy atom. The molecule has 1 aliphatic carbocycles. The lowest BCUT2D eigenvalue weighted by atomic mass is 9.85. The van der Waals surface area contributed by atoms with E-state index in [1.165, 1.54) is 12.0 Å². The largest absolute Gasteiger partial charge is 0.354 e. The van der Waals surface area contributed by atoms with Crippen molar-refractivity contribution in [3.05, 3.63) is 47.6 Å². The highest BCUT2D eigenvalue weighted by Crippen LogP contribution is 2.35. The summed E-state index contributed by atoms with van der Waals surface area (Å²) in [5.74, 6) is 2.04. The minimum atomic E-state index is -0.0465. The molecule has 2 fully saturated rings. The van der Waals surface area contributed by atoms with Gasteiger partial charge in [-0.2, -0.15) is 4.98 Å². The molecule has 0 spiro atoms. The Labute approximate surface area is 160 Å². The zero-order valence-corrected chi connectivity index (χ0v) is 15.8. The van der Waals surface area contributed by atoms with Gasteiger partial charge < -0.3 is 9.84 Å². The van der Waals surface area contributed by atoms with Crippen LogP contribution >= 0.6 is 0 Å². The number of rotatable bonds is 7. The van der Waals surface area contributed by atoms with Crippen LogP contribution in [-0.2, 0) is 17.8 Å². The van der Waals surface area contributed by atoms with Crippen LogP contribution in [0.1, 0.15) is 61.7 Å². The van der Waals surface area contributed by atoms with E-state index in [4.69, 9.17) is 4.52 Å². The van der Waals surface area contributed by atoms with Crippen molar-refractivity contribution < 1.29 is 9.32 Å². The zero-order chi connectivity index (χ0) is 18.5. The number of nitrogens with one attached hydrogen (secondary N) is 1. The second-order valence-electron chi connectivity index (χ2n) is 7.69. The molecule has 6 heteroatoms. The van der Waals surface area contributed by atoms with E-state index in [1.807, 2.05) is 6.07 Å². The van der Waals surface area contributed by atoms with E-state index in [1.54, 1.807) is 0 Å². The maximum absolute atomic E-state index is 12.7. The molecule has 2 aromatic rings. The quantitative estimate of drug-likeness (QED) is 0.813. The lowest BCUT2D eigenvalue weighted by Crippen LogP contribution is -2.49. The molecule has 0 radical (unpaired) electrons. The third kappa shape index (κ3) is 4.56. The highest BCUT2D eigenvalue weighted by atomic mass is 16.5. The molecule has 2 heterocycles. The number of piperidine rings is 1. The summed E-state index contributed by atoms with van der Waals surface area (Å²) < 4.78 is 5.34. The molecule has 1 aromatic carbocycles. The van der Waals surface area contributed by atoms with Gasteiger partial charge in [0.1, 0.15) is 0 Å². The molecule has 4 rings (SSSR count). The number of benzene rings is 1. The molecule has 1 amide bonds. The monoisotopic (exact) mass is 368 g/mol. The highest BCUT2D eigenvalue weighted by Gasteiger charge is 2.29. The number of carbonyl (C=O) groups is 1. The Bertz CT molecular complexity index is 742. The van der Waals surface area contributed by atoms with Crippen LogP contribution in [0.4, 0.5) is 0 Å². The van der Waals surface area contributed by atoms with Gasteiger partial charge in [0.05, 0.1) is 6.04 Å². The first kappa shape index (κ1) is 18.2. The molecule has 144 valence electrons. The molecule has 1 atom stereocenters. The second kappa shape index (κ2) is 8.65. The maximum Gasteiger partial charge on any atom is 0.237 e. The number of carbonyl (C=O) groups excluding carboxylic acids is 1. The molecular formula is C21H28N4O2. The van der Waals surface area contributed by atoms with Crippen LogP contribution in [0.2, 0.25) is 0 Å². The first-order valence-corrected chi connectivity index (χ1v) is 10.2. The van der Waals surface area contributed by atoms with E-state index >= 15 is 0 Å². The SMILES string of the molecule is O=C(NCCc1noc(C2CCC2)n1)[C@H]1CCCCN1Cc1ccccc1. The predicted octanol–water partition coefficient (Wildman–Crippen LogP) is 3.05. The van der Waals surface area contributed by atoms with Gasteiger partial charge in [0.2, 0.25) is 11.8 Å². The van der Waals surface area contributed by atoms with Crippen LogP contribution in [0, 0.1) is 0 Å². The van der Waals surface area contributed by atoms with Crippen molar-refractivity contribution in [2.45, 2.75) is 63.5 Å². The molecule has 27 heavy (non-hydrogen) atoms. The smallest absolute Gasteiger partial charge is 0.237 e. The van der Waals surface area contributed by atoms with E-state index < -0.39 is 0 Å². The molecule has 6 nitrogen and oxygen atoms in total. The average molecular weight is 368 g/mol. The zero-order valence-electron chi connectivity index (χ0n) is 15.8. The van der Waals surface area contributed by atoms with Crippen LogP contribution in [0.15, 0.2) is 34.9 Å². The van der Waals surface area contributed by atoms with Crippen molar-refractivity contribution in [1.82, 2.24) is 20.4 Å². The molecule has 1 N–H and O–H groups in total. The molecule has 1 aliphatic heterocycles. The minimum absolute atomic E-state index is 0.0465.